The van der Waals surface area contributed by atoms with Crippen LogP contribution in [0.4, 0.5) is 0 Å². The Kier molecular flexibility index (Phi) is 5.03. The number of aliphatic carboxylic acids is 2. The van der Waals surface area contributed by atoms with Crippen molar-refractivity contribution in [2.75, 3.05) is 6.61 Å². The van der Waals surface area contributed by atoms with E-state index in [4.69, 9.17) is 15.9 Å². The van der Waals surface area contributed by atoms with Gasteiger partial charge in [-0.25, -0.2) is 9.59 Å². The molecule has 0 spiro atoms. The smallest absolute Gasteiger partial charge is 0.334 e. The molecule has 15 heavy (non-hydrogen) atoms. The first-order valence-corrected chi connectivity index (χ1v) is 3.91. The monoisotopic (exact) mass is 217 g/mol. The summed E-state index contributed by atoms with van der Waals surface area (Å²) in [5.74, 6) is -3.50. The lowest BCUT2D eigenvalue weighted by Gasteiger charge is -2.07. The van der Waals surface area contributed by atoms with E-state index in [9.17, 15) is 14.4 Å². The highest BCUT2D eigenvalue weighted by molar-refractivity contribution is 5.95. The van der Waals surface area contributed by atoms with Gasteiger partial charge in [-0.05, 0) is 6.92 Å². The predicted octanol–water partition coefficient (Wildman–Crippen LogP) is -1.03. The molecule has 0 aromatic heterocycles. The standard InChI is InChI=1S/C8H11NO6/c1-4(2-6(10)11)8(14)15-3-5(9)7(12)13/h2,5H,3,9H2,1H3,(H,10,11)(H,12,13)/b4-2+/t5-/m0/s1. The van der Waals surface area contributed by atoms with Gasteiger partial charge >= 0.3 is 17.9 Å². The van der Waals surface area contributed by atoms with Gasteiger partial charge in [-0.1, -0.05) is 0 Å². The molecule has 0 radical (unpaired) electrons. The third kappa shape index (κ3) is 5.42. The summed E-state index contributed by atoms with van der Waals surface area (Å²) in [7, 11) is 0. The van der Waals surface area contributed by atoms with Gasteiger partial charge in [0.15, 0.2) is 0 Å². The van der Waals surface area contributed by atoms with Crippen LogP contribution in [0.2, 0.25) is 0 Å². The first-order valence-electron chi connectivity index (χ1n) is 3.91. The Labute approximate surface area is 85.1 Å². The van der Waals surface area contributed by atoms with Gasteiger partial charge in [-0.2, -0.15) is 0 Å². The second-order valence-corrected chi connectivity index (χ2v) is 2.71. The van der Waals surface area contributed by atoms with Crippen molar-refractivity contribution in [3.63, 3.8) is 0 Å². The zero-order valence-corrected chi connectivity index (χ0v) is 7.97. The van der Waals surface area contributed by atoms with Gasteiger partial charge in [0.2, 0.25) is 0 Å². The van der Waals surface area contributed by atoms with Crippen LogP contribution in [0.3, 0.4) is 0 Å². The lowest BCUT2D eigenvalue weighted by Crippen LogP contribution is -2.35. The largest absolute Gasteiger partial charge is 0.480 e. The highest BCUT2D eigenvalue weighted by atomic mass is 16.5. The van der Waals surface area contributed by atoms with E-state index in [1.165, 1.54) is 6.92 Å². The van der Waals surface area contributed by atoms with E-state index in [1.807, 2.05) is 0 Å². The summed E-state index contributed by atoms with van der Waals surface area (Å²) >= 11 is 0. The van der Waals surface area contributed by atoms with E-state index < -0.39 is 30.6 Å². The van der Waals surface area contributed by atoms with E-state index in [2.05, 4.69) is 4.74 Å². The Hall–Kier alpha value is -1.89. The van der Waals surface area contributed by atoms with Crippen LogP contribution in [0.15, 0.2) is 11.6 Å². The first kappa shape index (κ1) is 13.1. The van der Waals surface area contributed by atoms with Crippen molar-refractivity contribution in [2.45, 2.75) is 13.0 Å². The third-order valence-electron chi connectivity index (χ3n) is 1.37. The van der Waals surface area contributed by atoms with Crippen LogP contribution in [-0.4, -0.2) is 40.8 Å². The average molecular weight is 217 g/mol. The van der Waals surface area contributed by atoms with E-state index in [0.717, 1.165) is 0 Å². The first-order chi connectivity index (χ1) is 6.84. The highest BCUT2D eigenvalue weighted by Gasteiger charge is 2.15. The van der Waals surface area contributed by atoms with Gasteiger partial charge in [-0.3, -0.25) is 4.79 Å². The number of nitrogens with two attached hydrogens (primary N) is 1. The van der Waals surface area contributed by atoms with E-state index in [-0.39, 0.29) is 5.57 Å². The van der Waals surface area contributed by atoms with Crippen molar-refractivity contribution < 1.29 is 29.3 Å². The summed E-state index contributed by atoms with van der Waals surface area (Å²) in [5, 5.41) is 16.6. The molecule has 0 aromatic rings. The fraction of sp³-hybridized carbons (Fsp3) is 0.375. The normalized spacial score (nSPS) is 13.1. The molecule has 0 aliphatic carbocycles. The van der Waals surface area contributed by atoms with Crippen molar-refractivity contribution >= 4 is 17.9 Å². The molecule has 0 bridgehead atoms. The zero-order chi connectivity index (χ0) is 12.0. The molecule has 84 valence electrons. The van der Waals surface area contributed by atoms with E-state index >= 15 is 0 Å². The van der Waals surface area contributed by atoms with Crippen LogP contribution in [0.5, 0.6) is 0 Å². The molecule has 4 N–H and O–H groups in total. The third-order valence-corrected chi connectivity index (χ3v) is 1.37. The fourth-order valence-corrected chi connectivity index (χ4v) is 0.595. The Morgan fingerprint density at radius 3 is 2.33 bits per heavy atom. The van der Waals surface area contributed by atoms with Crippen LogP contribution in [0.1, 0.15) is 6.92 Å². The Morgan fingerprint density at radius 2 is 1.93 bits per heavy atom. The summed E-state index contributed by atoms with van der Waals surface area (Å²) in [6.45, 7) is 0.738. The number of esters is 1. The molecule has 0 saturated heterocycles. The van der Waals surface area contributed by atoms with Crippen LogP contribution in [0.25, 0.3) is 0 Å². The molecule has 0 saturated carbocycles. The minimum Gasteiger partial charge on any atom is -0.480 e. The SMILES string of the molecule is C/C(=C\C(=O)O)C(=O)OC[C@H](N)C(=O)O. The number of carboxylic acid groups (broad SMARTS) is 2. The van der Waals surface area contributed by atoms with E-state index in [0.29, 0.717) is 6.08 Å². The molecule has 0 rings (SSSR count). The van der Waals surface area contributed by atoms with Gasteiger partial charge in [0.05, 0.1) is 0 Å². The average Bonchev–Trinajstić information content (AvgIpc) is 2.12. The minimum atomic E-state index is -1.31. The number of carboxylic acids is 2. The molecule has 0 fully saturated rings. The Bertz CT molecular complexity index is 308. The van der Waals surface area contributed by atoms with Crippen LogP contribution < -0.4 is 5.73 Å². The van der Waals surface area contributed by atoms with Crippen molar-refractivity contribution in [2.24, 2.45) is 5.73 Å². The Balaban J connectivity index is 4.16. The molecule has 0 aliphatic rings. The summed E-state index contributed by atoms with van der Waals surface area (Å²) in [6.07, 6.45) is 0.661. The van der Waals surface area contributed by atoms with Gasteiger partial charge in [0.1, 0.15) is 12.6 Å². The lowest BCUT2D eigenvalue weighted by atomic mass is 10.3. The van der Waals surface area contributed by atoms with Crippen LogP contribution in [-0.2, 0) is 19.1 Å². The summed E-state index contributed by atoms with van der Waals surface area (Å²) in [5.41, 5.74) is 4.91. The maximum Gasteiger partial charge on any atom is 0.334 e. The lowest BCUT2D eigenvalue weighted by molar-refractivity contribution is -0.145. The fourth-order valence-electron chi connectivity index (χ4n) is 0.595. The molecule has 0 heterocycles. The van der Waals surface area contributed by atoms with Gasteiger partial charge in [0, 0.05) is 11.6 Å². The quantitative estimate of drug-likeness (QED) is 0.397. The number of hydrogen-bond acceptors (Lipinski definition) is 5. The topological polar surface area (TPSA) is 127 Å². The summed E-state index contributed by atoms with van der Waals surface area (Å²) < 4.78 is 4.45. The van der Waals surface area contributed by atoms with Crippen molar-refractivity contribution in [1.29, 1.82) is 0 Å². The molecule has 0 unspecified atom stereocenters. The van der Waals surface area contributed by atoms with Crippen molar-refractivity contribution in [3.05, 3.63) is 11.6 Å². The van der Waals surface area contributed by atoms with Crippen LogP contribution in [0, 0.1) is 0 Å². The van der Waals surface area contributed by atoms with Gasteiger partial charge < -0.3 is 20.7 Å². The molecule has 7 heteroatoms. The minimum absolute atomic E-state index is 0.139. The summed E-state index contributed by atoms with van der Waals surface area (Å²) in [6, 6.07) is -1.31. The maximum absolute atomic E-state index is 11.0. The van der Waals surface area contributed by atoms with E-state index in [1.54, 1.807) is 0 Å². The molecule has 0 aromatic carbocycles. The highest BCUT2D eigenvalue weighted by Crippen LogP contribution is 1.97. The van der Waals surface area contributed by atoms with Crippen molar-refractivity contribution in [1.82, 2.24) is 0 Å². The number of rotatable bonds is 5. The number of carbonyl (C=O) groups excluding carboxylic acids is 1. The Morgan fingerprint density at radius 1 is 1.40 bits per heavy atom. The zero-order valence-electron chi connectivity index (χ0n) is 7.97. The summed E-state index contributed by atoms with van der Waals surface area (Å²) in [4.78, 5) is 31.4. The maximum atomic E-state index is 11.0. The number of hydrogen-bond donors (Lipinski definition) is 3. The molecular formula is C8H11NO6. The molecule has 0 amide bonds. The van der Waals surface area contributed by atoms with Gasteiger partial charge in [0.25, 0.3) is 0 Å². The van der Waals surface area contributed by atoms with Gasteiger partial charge in [-0.15, -0.1) is 0 Å². The predicted molar refractivity (Wildman–Crippen MR) is 48.0 cm³/mol. The second kappa shape index (κ2) is 5.76. The molecule has 0 aliphatic heterocycles. The molecular weight excluding hydrogens is 206 g/mol. The number of carbonyl (C=O) groups is 3. The van der Waals surface area contributed by atoms with Crippen molar-refractivity contribution in [3.8, 4) is 0 Å². The van der Waals surface area contributed by atoms with Crippen LogP contribution >= 0.6 is 0 Å². The number of ether oxygens (including phenoxy) is 1. The molecule has 7 nitrogen and oxygen atoms in total. The molecule has 1 atom stereocenters. The second-order valence-electron chi connectivity index (χ2n) is 2.71.